The summed E-state index contributed by atoms with van der Waals surface area (Å²) in [6, 6.07) is 3.29. The van der Waals surface area contributed by atoms with Crippen LogP contribution in [0.1, 0.15) is 23.7 Å². The van der Waals surface area contributed by atoms with Crippen molar-refractivity contribution in [2.45, 2.75) is 18.7 Å². The largest absolute Gasteiger partial charge is 0.493 e. The zero-order valence-corrected chi connectivity index (χ0v) is 13.9. The Balaban J connectivity index is 3.04. The Morgan fingerprint density at radius 1 is 1.19 bits per heavy atom. The molecule has 0 aliphatic heterocycles. The summed E-state index contributed by atoms with van der Waals surface area (Å²) in [5.74, 6) is 1.26. The Labute approximate surface area is 130 Å². The molecule has 0 aromatic heterocycles. The van der Waals surface area contributed by atoms with Gasteiger partial charge in [-0.15, -0.1) is 11.6 Å². The molecule has 118 valence electrons. The molecule has 6 heteroatoms. The molecule has 1 amide bonds. The van der Waals surface area contributed by atoms with E-state index in [1.807, 2.05) is 6.92 Å². The van der Waals surface area contributed by atoms with E-state index in [2.05, 4.69) is 0 Å². The molecule has 0 fully saturated rings. The predicted molar refractivity (Wildman–Crippen MR) is 83.0 cm³/mol. The number of halogens is 1. The number of alkyl halides is 1. The molecular formula is C15H22ClNO4. The number of amides is 1. The van der Waals surface area contributed by atoms with E-state index >= 15 is 0 Å². The highest BCUT2D eigenvalue weighted by molar-refractivity contribution is 6.20. The highest BCUT2D eigenvalue weighted by Crippen LogP contribution is 2.38. The number of ether oxygens (including phenoxy) is 3. The number of methoxy groups -OCH3 is 3. The van der Waals surface area contributed by atoms with Crippen LogP contribution in [0, 0.1) is 0 Å². The number of rotatable bonds is 7. The summed E-state index contributed by atoms with van der Waals surface area (Å²) in [4.78, 5) is 14.0. The van der Waals surface area contributed by atoms with Crippen LogP contribution < -0.4 is 14.2 Å². The van der Waals surface area contributed by atoms with Gasteiger partial charge in [0.25, 0.3) is 5.91 Å². The second-order valence-electron chi connectivity index (χ2n) is 4.71. The van der Waals surface area contributed by atoms with Gasteiger partial charge in [0.05, 0.1) is 21.3 Å². The Bertz CT molecular complexity index is 466. The van der Waals surface area contributed by atoms with Gasteiger partial charge in [-0.3, -0.25) is 4.79 Å². The van der Waals surface area contributed by atoms with Gasteiger partial charge in [-0.1, -0.05) is 0 Å². The van der Waals surface area contributed by atoms with Crippen LogP contribution in [0.4, 0.5) is 0 Å². The van der Waals surface area contributed by atoms with Crippen molar-refractivity contribution in [1.29, 1.82) is 0 Å². The summed E-state index contributed by atoms with van der Waals surface area (Å²) in [6.07, 6.45) is 0.730. The fourth-order valence-corrected chi connectivity index (χ4v) is 2.00. The van der Waals surface area contributed by atoms with Crippen molar-refractivity contribution in [3.8, 4) is 17.2 Å². The van der Waals surface area contributed by atoms with E-state index in [1.54, 1.807) is 24.1 Å². The maximum Gasteiger partial charge on any atom is 0.253 e. The van der Waals surface area contributed by atoms with Crippen LogP contribution in [0.25, 0.3) is 0 Å². The number of hydrogen-bond acceptors (Lipinski definition) is 4. The number of benzene rings is 1. The lowest BCUT2D eigenvalue weighted by Crippen LogP contribution is -2.28. The first-order chi connectivity index (χ1) is 9.94. The fourth-order valence-electron chi connectivity index (χ4n) is 1.90. The van der Waals surface area contributed by atoms with Crippen molar-refractivity contribution < 1.29 is 19.0 Å². The summed E-state index contributed by atoms with van der Waals surface area (Å²) in [6.45, 7) is 2.49. The minimum atomic E-state index is -0.119. The first-order valence-electron chi connectivity index (χ1n) is 6.64. The Morgan fingerprint density at radius 2 is 1.71 bits per heavy atom. The van der Waals surface area contributed by atoms with Crippen LogP contribution in [0.5, 0.6) is 17.2 Å². The van der Waals surface area contributed by atoms with E-state index in [1.165, 1.54) is 21.3 Å². The van der Waals surface area contributed by atoms with E-state index in [4.69, 9.17) is 25.8 Å². The van der Waals surface area contributed by atoms with Crippen molar-refractivity contribution in [2.75, 3.05) is 34.9 Å². The smallest absolute Gasteiger partial charge is 0.253 e. The number of hydrogen-bond donors (Lipinski definition) is 0. The average molecular weight is 316 g/mol. The SMILES string of the molecule is COc1cc(C(=O)N(C)CCC(C)Cl)cc(OC)c1OC. The maximum atomic E-state index is 12.4. The minimum absolute atomic E-state index is 0.0280. The Kier molecular flexibility index (Phi) is 6.62. The van der Waals surface area contributed by atoms with Crippen molar-refractivity contribution in [2.24, 2.45) is 0 Å². The molecule has 1 aromatic rings. The molecule has 0 radical (unpaired) electrons. The van der Waals surface area contributed by atoms with Gasteiger partial charge < -0.3 is 19.1 Å². The number of carbonyl (C=O) groups excluding carboxylic acids is 1. The quantitative estimate of drug-likeness (QED) is 0.726. The molecule has 0 saturated heterocycles. The Hall–Kier alpha value is -1.62. The van der Waals surface area contributed by atoms with Crippen LogP contribution in [0.2, 0.25) is 0 Å². The molecule has 0 spiro atoms. The second kappa shape index (κ2) is 7.98. The highest BCUT2D eigenvalue weighted by Gasteiger charge is 2.19. The van der Waals surface area contributed by atoms with Crippen molar-refractivity contribution in [1.82, 2.24) is 4.90 Å². The topological polar surface area (TPSA) is 48.0 Å². The molecule has 0 bridgehead atoms. The molecule has 0 aliphatic carbocycles. The summed E-state index contributed by atoms with van der Waals surface area (Å²) in [5, 5.41) is 0.0280. The van der Waals surface area contributed by atoms with Crippen LogP contribution >= 0.6 is 11.6 Å². The third-order valence-electron chi connectivity index (χ3n) is 3.12. The number of nitrogens with zero attached hydrogens (tertiary/aromatic N) is 1. The molecule has 1 rings (SSSR count). The van der Waals surface area contributed by atoms with E-state index in [0.717, 1.165) is 6.42 Å². The van der Waals surface area contributed by atoms with Gasteiger partial charge in [0.1, 0.15) is 0 Å². The molecule has 0 N–H and O–H groups in total. The van der Waals surface area contributed by atoms with Gasteiger partial charge in [0.2, 0.25) is 5.75 Å². The van der Waals surface area contributed by atoms with E-state index in [-0.39, 0.29) is 11.3 Å². The first-order valence-corrected chi connectivity index (χ1v) is 7.07. The second-order valence-corrected chi connectivity index (χ2v) is 5.46. The summed E-state index contributed by atoms with van der Waals surface area (Å²) in [5.41, 5.74) is 0.481. The molecule has 0 saturated carbocycles. The monoisotopic (exact) mass is 315 g/mol. The molecule has 1 aromatic carbocycles. The lowest BCUT2D eigenvalue weighted by Gasteiger charge is -2.19. The van der Waals surface area contributed by atoms with Gasteiger partial charge >= 0.3 is 0 Å². The highest BCUT2D eigenvalue weighted by atomic mass is 35.5. The van der Waals surface area contributed by atoms with Gasteiger partial charge in [-0.2, -0.15) is 0 Å². The van der Waals surface area contributed by atoms with Gasteiger partial charge in [-0.05, 0) is 25.5 Å². The average Bonchev–Trinajstić information content (AvgIpc) is 2.49. The van der Waals surface area contributed by atoms with Crippen molar-refractivity contribution in [3.63, 3.8) is 0 Å². The van der Waals surface area contributed by atoms with Gasteiger partial charge in [0, 0.05) is 24.5 Å². The van der Waals surface area contributed by atoms with Crippen LogP contribution in [0.3, 0.4) is 0 Å². The summed E-state index contributed by atoms with van der Waals surface area (Å²) >= 11 is 5.91. The zero-order valence-electron chi connectivity index (χ0n) is 13.1. The lowest BCUT2D eigenvalue weighted by molar-refractivity contribution is 0.0793. The number of carbonyl (C=O) groups is 1. The fraction of sp³-hybridized carbons (Fsp3) is 0.533. The molecule has 0 heterocycles. The zero-order chi connectivity index (χ0) is 16.0. The predicted octanol–water partition coefficient (Wildman–Crippen LogP) is 2.80. The van der Waals surface area contributed by atoms with Crippen LogP contribution in [-0.4, -0.2) is 51.1 Å². The molecule has 21 heavy (non-hydrogen) atoms. The maximum absolute atomic E-state index is 12.4. The van der Waals surface area contributed by atoms with Crippen molar-refractivity contribution >= 4 is 17.5 Å². The molecule has 1 atom stereocenters. The first kappa shape index (κ1) is 17.4. The summed E-state index contributed by atoms with van der Waals surface area (Å²) in [7, 11) is 6.30. The Morgan fingerprint density at radius 3 is 2.10 bits per heavy atom. The third kappa shape index (κ3) is 4.43. The molecule has 1 unspecified atom stereocenters. The van der Waals surface area contributed by atoms with Crippen LogP contribution in [-0.2, 0) is 0 Å². The molecule has 0 aliphatic rings. The normalized spacial score (nSPS) is 11.7. The lowest BCUT2D eigenvalue weighted by atomic mass is 10.1. The molecule has 5 nitrogen and oxygen atoms in total. The minimum Gasteiger partial charge on any atom is -0.493 e. The van der Waals surface area contributed by atoms with E-state index in [0.29, 0.717) is 29.4 Å². The van der Waals surface area contributed by atoms with E-state index in [9.17, 15) is 4.79 Å². The van der Waals surface area contributed by atoms with Gasteiger partial charge in [0.15, 0.2) is 11.5 Å². The molecular weight excluding hydrogens is 294 g/mol. The van der Waals surface area contributed by atoms with Crippen LogP contribution in [0.15, 0.2) is 12.1 Å². The van der Waals surface area contributed by atoms with E-state index < -0.39 is 0 Å². The van der Waals surface area contributed by atoms with Gasteiger partial charge in [-0.25, -0.2) is 0 Å². The van der Waals surface area contributed by atoms with Crippen molar-refractivity contribution in [3.05, 3.63) is 17.7 Å². The third-order valence-corrected chi connectivity index (χ3v) is 3.34. The summed E-state index contributed by atoms with van der Waals surface area (Å²) < 4.78 is 15.7. The standard InChI is InChI=1S/C15H22ClNO4/c1-10(16)6-7-17(2)15(18)11-8-12(19-3)14(21-5)13(9-11)20-4/h8-10H,6-7H2,1-5H3.